The minimum absolute atomic E-state index is 0.00865. The number of nitrogens with one attached hydrogen (secondary N) is 1. The van der Waals surface area contributed by atoms with Gasteiger partial charge < -0.3 is 14.5 Å². The van der Waals surface area contributed by atoms with E-state index in [0.717, 1.165) is 17.1 Å². The first-order valence-corrected chi connectivity index (χ1v) is 7.68. The van der Waals surface area contributed by atoms with Crippen molar-refractivity contribution in [1.29, 1.82) is 0 Å². The molecular weight excluding hydrogens is 290 g/mol. The van der Waals surface area contributed by atoms with Gasteiger partial charge in [0.25, 0.3) is 0 Å². The summed E-state index contributed by atoms with van der Waals surface area (Å²) >= 11 is 0. The Balaban J connectivity index is 1.40. The van der Waals surface area contributed by atoms with Crippen LogP contribution in [0.2, 0.25) is 0 Å². The van der Waals surface area contributed by atoms with Gasteiger partial charge in [-0.15, -0.1) is 0 Å². The van der Waals surface area contributed by atoms with Crippen LogP contribution >= 0.6 is 0 Å². The average molecular weight is 309 g/mol. The summed E-state index contributed by atoms with van der Waals surface area (Å²) in [6, 6.07) is 15.5. The second-order valence-electron chi connectivity index (χ2n) is 5.21. The fraction of sp³-hybridized carbons (Fsp3) is 0.222. The lowest BCUT2D eigenvalue weighted by Gasteiger charge is -2.07. The van der Waals surface area contributed by atoms with Gasteiger partial charge in [-0.25, -0.2) is 4.98 Å². The van der Waals surface area contributed by atoms with Crippen molar-refractivity contribution in [2.24, 2.45) is 0 Å². The van der Waals surface area contributed by atoms with Gasteiger partial charge >= 0.3 is 0 Å². The molecule has 0 saturated heterocycles. The van der Waals surface area contributed by atoms with E-state index >= 15 is 0 Å². The van der Waals surface area contributed by atoms with Gasteiger partial charge in [0, 0.05) is 12.6 Å². The summed E-state index contributed by atoms with van der Waals surface area (Å²) in [6.45, 7) is 0.959. The number of fused-ring (bicyclic) bond motifs is 1. The lowest BCUT2D eigenvalue weighted by atomic mass is 10.3. The molecule has 0 saturated carbocycles. The van der Waals surface area contributed by atoms with Gasteiger partial charge in [0.05, 0.1) is 24.9 Å². The molecule has 5 nitrogen and oxygen atoms in total. The molecule has 0 bridgehead atoms. The Hall–Kier alpha value is -2.82. The molecule has 23 heavy (non-hydrogen) atoms. The third-order valence-electron chi connectivity index (χ3n) is 3.52. The van der Waals surface area contributed by atoms with Crippen LogP contribution in [0.4, 0.5) is 0 Å². The quantitative estimate of drug-likeness (QED) is 0.683. The second-order valence-corrected chi connectivity index (χ2v) is 5.21. The summed E-state index contributed by atoms with van der Waals surface area (Å²) in [5.41, 5.74) is 1.02. The van der Waals surface area contributed by atoms with Gasteiger partial charge in [-0.3, -0.25) is 4.79 Å². The molecule has 1 aromatic carbocycles. The monoisotopic (exact) mass is 309 g/mol. The highest BCUT2D eigenvalue weighted by Gasteiger charge is 2.05. The first-order valence-electron chi connectivity index (χ1n) is 7.68. The largest absolute Gasteiger partial charge is 0.494 e. The maximum atomic E-state index is 11.9. The summed E-state index contributed by atoms with van der Waals surface area (Å²) in [5.74, 6) is 1.67. The minimum atomic E-state index is 0.00865. The van der Waals surface area contributed by atoms with E-state index in [1.807, 2.05) is 59.1 Å². The van der Waals surface area contributed by atoms with E-state index in [0.29, 0.717) is 26.0 Å². The summed E-state index contributed by atoms with van der Waals surface area (Å²) in [4.78, 5) is 16.2. The molecule has 1 N–H and O–H groups in total. The molecular formula is C18H19N3O2. The molecule has 3 rings (SSSR count). The zero-order valence-corrected chi connectivity index (χ0v) is 12.8. The molecule has 5 heteroatoms. The number of ether oxygens (including phenoxy) is 1. The van der Waals surface area contributed by atoms with E-state index < -0.39 is 0 Å². The molecule has 0 aliphatic rings. The Labute approximate surface area is 134 Å². The van der Waals surface area contributed by atoms with Crippen LogP contribution < -0.4 is 10.1 Å². The van der Waals surface area contributed by atoms with Crippen LogP contribution in [0.3, 0.4) is 0 Å². The van der Waals surface area contributed by atoms with Crippen molar-refractivity contribution in [1.82, 2.24) is 14.7 Å². The van der Waals surface area contributed by atoms with Gasteiger partial charge in [-0.2, -0.15) is 0 Å². The smallest absolute Gasteiger partial charge is 0.220 e. The Kier molecular flexibility index (Phi) is 4.88. The van der Waals surface area contributed by atoms with E-state index in [4.69, 9.17) is 4.74 Å². The number of carbonyl (C=O) groups is 1. The van der Waals surface area contributed by atoms with Gasteiger partial charge in [0.1, 0.15) is 11.6 Å². The molecule has 0 aliphatic heterocycles. The van der Waals surface area contributed by atoms with Crippen LogP contribution in [-0.2, 0) is 11.3 Å². The van der Waals surface area contributed by atoms with Gasteiger partial charge in [0.15, 0.2) is 0 Å². The number of amides is 1. The van der Waals surface area contributed by atoms with Gasteiger partial charge in [0.2, 0.25) is 5.91 Å². The molecule has 0 fully saturated rings. The molecule has 0 spiro atoms. The Morgan fingerprint density at radius 2 is 1.96 bits per heavy atom. The lowest BCUT2D eigenvalue weighted by Crippen LogP contribution is -2.24. The highest BCUT2D eigenvalue weighted by molar-refractivity contribution is 5.75. The first kappa shape index (κ1) is 15.1. The number of aromatic nitrogens is 2. The van der Waals surface area contributed by atoms with E-state index in [1.54, 1.807) is 6.20 Å². The van der Waals surface area contributed by atoms with Crippen LogP contribution in [0.15, 0.2) is 60.9 Å². The molecule has 2 aromatic heterocycles. The molecule has 0 aliphatic carbocycles. The van der Waals surface area contributed by atoms with Crippen LogP contribution in [-0.4, -0.2) is 21.9 Å². The standard InChI is InChI=1S/C18H19N3O2/c22-18(10-6-12-23-16-8-2-1-3-9-16)20-14-17-19-13-15-7-4-5-11-21(15)17/h1-5,7-9,11,13H,6,10,12,14H2,(H,20,22). The van der Waals surface area contributed by atoms with Crippen molar-refractivity contribution in [3.05, 3.63) is 66.7 Å². The highest BCUT2D eigenvalue weighted by Crippen LogP contribution is 2.09. The maximum absolute atomic E-state index is 11.9. The number of carbonyl (C=O) groups excluding carboxylic acids is 1. The topological polar surface area (TPSA) is 55.6 Å². The molecule has 2 heterocycles. The number of hydrogen-bond acceptors (Lipinski definition) is 3. The summed E-state index contributed by atoms with van der Waals surface area (Å²) < 4.78 is 7.54. The van der Waals surface area contributed by atoms with Crippen molar-refractivity contribution < 1.29 is 9.53 Å². The lowest BCUT2D eigenvalue weighted by molar-refractivity contribution is -0.121. The van der Waals surface area contributed by atoms with Crippen LogP contribution in [0.25, 0.3) is 5.52 Å². The molecule has 0 radical (unpaired) electrons. The van der Waals surface area contributed by atoms with E-state index in [9.17, 15) is 4.79 Å². The van der Waals surface area contributed by atoms with E-state index in [-0.39, 0.29) is 5.91 Å². The third-order valence-corrected chi connectivity index (χ3v) is 3.52. The maximum Gasteiger partial charge on any atom is 0.220 e. The number of para-hydroxylation sites is 1. The average Bonchev–Trinajstić information content (AvgIpc) is 3.01. The summed E-state index contributed by atoms with van der Waals surface area (Å²) in [6.07, 6.45) is 4.87. The van der Waals surface area contributed by atoms with E-state index in [1.165, 1.54) is 0 Å². The molecule has 118 valence electrons. The number of rotatable bonds is 7. The highest BCUT2D eigenvalue weighted by atomic mass is 16.5. The molecule has 3 aromatic rings. The van der Waals surface area contributed by atoms with Crippen LogP contribution in [0.1, 0.15) is 18.7 Å². The Morgan fingerprint density at radius 3 is 2.83 bits per heavy atom. The van der Waals surface area contributed by atoms with Crippen molar-refractivity contribution >= 4 is 11.4 Å². The SMILES string of the molecule is O=C(CCCOc1ccccc1)NCc1ncc2ccccn12. The van der Waals surface area contributed by atoms with Crippen molar-refractivity contribution in [3.8, 4) is 5.75 Å². The minimum Gasteiger partial charge on any atom is -0.494 e. The Bertz CT molecular complexity index is 768. The fourth-order valence-electron chi connectivity index (χ4n) is 2.34. The Morgan fingerprint density at radius 1 is 1.13 bits per heavy atom. The number of hydrogen-bond donors (Lipinski definition) is 1. The number of nitrogens with zero attached hydrogens (tertiary/aromatic N) is 2. The third kappa shape index (κ3) is 4.10. The van der Waals surface area contributed by atoms with Crippen molar-refractivity contribution in [3.63, 3.8) is 0 Å². The normalized spacial score (nSPS) is 10.6. The molecule has 1 amide bonds. The van der Waals surface area contributed by atoms with Crippen molar-refractivity contribution in [2.75, 3.05) is 6.61 Å². The van der Waals surface area contributed by atoms with Crippen LogP contribution in [0, 0.1) is 0 Å². The molecule has 0 atom stereocenters. The van der Waals surface area contributed by atoms with Crippen LogP contribution in [0.5, 0.6) is 5.75 Å². The number of imidazole rings is 1. The first-order chi connectivity index (χ1) is 11.3. The predicted molar refractivity (Wildman–Crippen MR) is 88.2 cm³/mol. The zero-order valence-electron chi connectivity index (χ0n) is 12.8. The summed E-state index contributed by atoms with van der Waals surface area (Å²) in [5, 5.41) is 2.90. The predicted octanol–water partition coefficient (Wildman–Crippen LogP) is 2.81. The van der Waals surface area contributed by atoms with E-state index in [2.05, 4.69) is 10.3 Å². The second kappa shape index (κ2) is 7.45. The fourth-order valence-corrected chi connectivity index (χ4v) is 2.34. The molecule has 0 unspecified atom stereocenters. The number of pyridine rings is 1. The number of benzene rings is 1. The van der Waals surface area contributed by atoms with Gasteiger partial charge in [-0.05, 0) is 30.7 Å². The zero-order chi connectivity index (χ0) is 15.9. The van der Waals surface area contributed by atoms with Crippen molar-refractivity contribution in [2.45, 2.75) is 19.4 Å². The van der Waals surface area contributed by atoms with Gasteiger partial charge in [-0.1, -0.05) is 24.3 Å². The summed E-state index contributed by atoms with van der Waals surface area (Å²) in [7, 11) is 0.